The van der Waals surface area contributed by atoms with Gasteiger partial charge in [-0.05, 0) is 17.7 Å². The fourth-order valence-electron chi connectivity index (χ4n) is 1.22. The molecule has 0 aliphatic carbocycles. The first-order valence-corrected chi connectivity index (χ1v) is 4.73. The van der Waals surface area contributed by atoms with Crippen molar-refractivity contribution in [3.8, 4) is 11.5 Å². The maximum Gasteiger partial charge on any atom is 0.315 e. The van der Waals surface area contributed by atoms with Gasteiger partial charge in [0.15, 0.2) is 5.75 Å². The molecule has 0 atom stereocenters. The van der Waals surface area contributed by atoms with E-state index >= 15 is 0 Å². The molecule has 0 heterocycles. The van der Waals surface area contributed by atoms with Crippen LogP contribution in [-0.4, -0.2) is 23.0 Å². The van der Waals surface area contributed by atoms with Crippen LogP contribution in [0.1, 0.15) is 5.56 Å². The van der Waals surface area contributed by atoms with Crippen molar-refractivity contribution in [1.82, 2.24) is 5.43 Å². The van der Waals surface area contributed by atoms with Crippen LogP contribution in [0.5, 0.6) is 11.5 Å². The molecule has 0 saturated heterocycles. The van der Waals surface area contributed by atoms with Gasteiger partial charge in [0.05, 0.1) is 12.0 Å². The van der Waals surface area contributed by atoms with E-state index in [4.69, 9.17) is 10.6 Å². The Kier molecular flexibility index (Phi) is 4.22. The number of hydrazine groups is 1. The van der Waals surface area contributed by atoms with Crippen molar-refractivity contribution in [2.75, 3.05) is 7.11 Å². The van der Waals surface area contributed by atoms with Crippen LogP contribution in [0.3, 0.4) is 0 Å². The number of nitrogens with one attached hydrogen (secondary N) is 1. The predicted molar refractivity (Wildman–Crippen MR) is 62.7 cm³/mol. The molecule has 4 N–H and O–H groups in total. The van der Waals surface area contributed by atoms with Crippen LogP contribution in [0.15, 0.2) is 18.2 Å². The molecule has 18 heavy (non-hydrogen) atoms. The molecule has 0 aliphatic heterocycles. The molecule has 1 amide bonds. The Morgan fingerprint density at radius 2 is 2.28 bits per heavy atom. The van der Waals surface area contributed by atoms with Crippen LogP contribution in [0.25, 0.3) is 6.08 Å². The topological polar surface area (TPSA) is 128 Å². The van der Waals surface area contributed by atoms with Gasteiger partial charge in [0.1, 0.15) is 0 Å². The third kappa shape index (κ3) is 2.95. The number of aromatic hydroxyl groups is 1. The fraction of sp³-hybridized carbons (Fsp3) is 0.100. The summed E-state index contributed by atoms with van der Waals surface area (Å²) in [5.74, 6) is 3.68. The lowest BCUT2D eigenvalue weighted by Crippen LogP contribution is -2.27. The van der Waals surface area contributed by atoms with Crippen molar-refractivity contribution in [3.63, 3.8) is 0 Å². The number of hydrogen-bond acceptors (Lipinski definition) is 6. The van der Waals surface area contributed by atoms with Crippen molar-refractivity contribution in [2.24, 2.45) is 5.84 Å². The van der Waals surface area contributed by atoms with Gasteiger partial charge in [-0.15, -0.1) is 0 Å². The van der Waals surface area contributed by atoms with Crippen LogP contribution < -0.4 is 16.0 Å². The van der Waals surface area contributed by atoms with E-state index in [-0.39, 0.29) is 5.75 Å². The number of carbonyl (C=O) groups excluding carboxylic acids is 1. The molecule has 0 saturated carbocycles. The SMILES string of the molecule is COc1cc(/C=C/C(=O)NN)cc([N+](=O)[O-])c1O. The quantitative estimate of drug-likeness (QED) is 0.233. The number of nitro groups is 1. The number of phenols is 1. The highest BCUT2D eigenvalue weighted by Crippen LogP contribution is 2.37. The summed E-state index contributed by atoms with van der Waals surface area (Å²) in [5.41, 5.74) is 1.68. The molecule has 0 aromatic heterocycles. The van der Waals surface area contributed by atoms with Crippen molar-refractivity contribution < 1.29 is 19.6 Å². The van der Waals surface area contributed by atoms with Gasteiger partial charge >= 0.3 is 5.69 Å². The minimum absolute atomic E-state index is 0.0583. The number of rotatable bonds is 4. The third-order valence-electron chi connectivity index (χ3n) is 2.06. The first kappa shape index (κ1) is 13.5. The Labute approximate surface area is 102 Å². The number of methoxy groups -OCH3 is 1. The number of ether oxygens (including phenoxy) is 1. The zero-order chi connectivity index (χ0) is 13.7. The summed E-state index contributed by atoms with van der Waals surface area (Å²) in [6.45, 7) is 0. The summed E-state index contributed by atoms with van der Waals surface area (Å²) in [7, 11) is 1.26. The summed E-state index contributed by atoms with van der Waals surface area (Å²) in [4.78, 5) is 20.8. The lowest BCUT2D eigenvalue weighted by atomic mass is 10.1. The van der Waals surface area contributed by atoms with E-state index < -0.39 is 22.3 Å². The van der Waals surface area contributed by atoms with Crippen LogP contribution in [0.2, 0.25) is 0 Å². The summed E-state index contributed by atoms with van der Waals surface area (Å²) >= 11 is 0. The molecule has 1 aromatic carbocycles. The lowest BCUT2D eigenvalue weighted by molar-refractivity contribution is -0.386. The number of benzene rings is 1. The summed E-state index contributed by atoms with van der Waals surface area (Å²) < 4.78 is 4.80. The smallest absolute Gasteiger partial charge is 0.315 e. The molecule has 0 fully saturated rings. The Morgan fingerprint density at radius 1 is 1.61 bits per heavy atom. The van der Waals surface area contributed by atoms with E-state index in [9.17, 15) is 20.0 Å². The second-order valence-electron chi connectivity index (χ2n) is 3.19. The molecule has 0 unspecified atom stereocenters. The van der Waals surface area contributed by atoms with Gasteiger partial charge in [0.25, 0.3) is 5.91 Å². The summed E-state index contributed by atoms with van der Waals surface area (Å²) in [5, 5.41) is 20.2. The maximum atomic E-state index is 10.9. The molecule has 0 radical (unpaired) electrons. The average Bonchev–Trinajstić information content (AvgIpc) is 2.36. The zero-order valence-electron chi connectivity index (χ0n) is 9.41. The van der Waals surface area contributed by atoms with E-state index in [1.54, 1.807) is 0 Å². The molecular formula is C10H11N3O5. The van der Waals surface area contributed by atoms with E-state index in [1.165, 1.54) is 19.3 Å². The summed E-state index contributed by atoms with van der Waals surface area (Å²) in [6, 6.07) is 2.46. The number of carbonyl (C=O) groups is 1. The molecular weight excluding hydrogens is 242 g/mol. The molecule has 0 aliphatic rings. The highest BCUT2D eigenvalue weighted by molar-refractivity contribution is 5.91. The standard InChI is InChI=1S/C10H11N3O5/c1-18-8-5-6(2-3-9(14)12-11)4-7(10(8)15)13(16)17/h2-5,15H,11H2,1H3,(H,12,14)/b3-2+. The lowest BCUT2D eigenvalue weighted by Gasteiger charge is -2.05. The number of phenolic OH excluding ortho intramolecular Hbond substituents is 1. The zero-order valence-corrected chi connectivity index (χ0v) is 9.41. The Balaban J connectivity index is 3.22. The van der Waals surface area contributed by atoms with Crippen molar-refractivity contribution >= 4 is 17.7 Å². The van der Waals surface area contributed by atoms with Gasteiger partial charge < -0.3 is 9.84 Å². The molecule has 0 bridgehead atoms. The Morgan fingerprint density at radius 3 is 2.78 bits per heavy atom. The minimum Gasteiger partial charge on any atom is -0.500 e. The number of nitrogens with two attached hydrogens (primary N) is 1. The molecule has 1 rings (SSSR count). The van der Waals surface area contributed by atoms with Crippen LogP contribution >= 0.6 is 0 Å². The van der Waals surface area contributed by atoms with Crippen molar-refractivity contribution in [2.45, 2.75) is 0 Å². The van der Waals surface area contributed by atoms with Gasteiger partial charge in [0, 0.05) is 12.1 Å². The second-order valence-corrected chi connectivity index (χ2v) is 3.19. The summed E-state index contributed by atoms with van der Waals surface area (Å²) in [6.07, 6.45) is 2.40. The fourth-order valence-corrected chi connectivity index (χ4v) is 1.22. The molecule has 8 heteroatoms. The second kappa shape index (κ2) is 5.64. The Hall–Kier alpha value is -2.61. The van der Waals surface area contributed by atoms with Gasteiger partial charge in [-0.2, -0.15) is 0 Å². The molecule has 96 valence electrons. The maximum absolute atomic E-state index is 10.9. The highest BCUT2D eigenvalue weighted by atomic mass is 16.6. The van der Waals surface area contributed by atoms with Crippen molar-refractivity contribution in [1.29, 1.82) is 0 Å². The van der Waals surface area contributed by atoms with E-state index in [1.807, 2.05) is 5.43 Å². The number of amides is 1. The van der Waals surface area contributed by atoms with Gasteiger partial charge in [-0.3, -0.25) is 20.3 Å². The average molecular weight is 253 g/mol. The van der Waals surface area contributed by atoms with E-state index in [0.29, 0.717) is 5.56 Å². The third-order valence-corrected chi connectivity index (χ3v) is 2.06. The Bertz CT molecular complexity index is 512. The van der Waals surface area contributed by atoms with Gasteiger partial charge in [0.2, 0.25) is 5.75 Å². The number of nitrogens with zero attached hydrogens (tertiary/aromatic N) is 1. The number of hydrogen-bond donors (Lipinski definition) is 3. The highest BCUT2D eigenvalue weighted by Gasteiger charge is 2.18. The largest absolute Gasteiger partial charge is 0.500 e. The van der Waals surface area contributed by atoms with Gasteiger partial charge in [-0.1, -0.05) is 0 Å². The number of nitro benzene ring substituents is 1. The monoisotopic (exact) mass is 253 g/mol. The van der Waals surface area contributed by atoms with Crippen LogP contribution in [0, 0.1) is 10.1 Å². The predicted octanol–water partition coefficient (Wildman–Crippen LogP) is 0.312. The van der Waals surface area contributed by atoms with Gasteiger partial charge in [-0.25, -0.2) is 5.84 Å². The normalized spacial score (nSPS) is 10.3. The van der Waals surface area contributed by atoms with E-state index in [2.05, 4.69) is 0 Å². The first-order valence-electron chi connectivity index (χ1n) is 4.73. The molecule has 8 nitrogen and oxygen atoms in total. The minimum atomic E-state index is -0.752. The van der Waals surface area contributed by atoms with Crippen LogP contribution in [0.4, 0.5) is 5.69 Å². The van der Waals surface area contributed by atoms with Crippen LogP contribution in [-0.2, 0) is 4.79 Å². The molecule has 1 aromatic rings. The van der Waals surface area contributed by atoms with E-state index in [0.717, 1.165) is 12.1 Å². The first-order chi connectivity index (χ1) is 8.49. The molecule has 0 spiro atoms. The van der Waals surface area contributed by atoms with Crippen molar-refractivity contribution in [3.05, 3.63) is 33.9 Å².